The topological polar surface area (TPSA) is 64.6 Å². The summed E-state index contributed by atoms with van der Waals surface area (Å²) in [5.41, 5.74) is 0. The number of allylic oxidation sites excluding steroid dienone is 1. The molecule has 1 saturated carbocycles. The molecule has 0 aromatic heterocycles. The molecule has 1 fully saturated rings. The average Bonchev–Trinajstić information content (AvgIpc) is 2.48. The van der Waals surface area contributed by atoms with Gasteiger partial charge in [0.15, 0.2) is 0 Å². The number of unbranched alkanes of at least 4 members (excludes halogenated alkanes) is 1. The molecule has 3 aliphatic rings. The Morgan fingerprint density at radius 3 is 2.48 bits per heavy atom. The van der Waals surface area contributed by atoms with E-state index in [4.69, 9.17) is 9.47 Å². The van der Waals surface area contributed by atoms with Crippen LogP contribution in [0.15, 0.2) is 12.2 Å². The first kappa shape index (κ1) is 15.9. The molecule has 3 rings (SSSR count). The minimum atomic E-state index is -0.427. The molecular weight excluding hydrogens is 270 g/mol. The van der Waals surface area contributed by atoms with Crippen molar-refractivity contribution < 1.29 is 19.1 Å². The summed E-state index contributed by atoms with van der Waals surface area (Å²) >= 11 is 0. The van der Waals surface area contributed by atoms with Gasteiger partial charge < -0.3 is 14.8 Å². The van der Waals surface area contributed by atoms with Gasteiger partial charge in [0, 0.05) is 0 Å². The average molecular weight is 295 g/mol. The number of hydrogen-bond donors (Lipinski definition) is 1. The van der Waals surface area contributed by atoms with Crippen molar-refractivity contribution in [3.63, 3.8) is 0 Å². The molecule has 0 saturated heterocycles. The van der Waals surface area contributed by atoms with Crippen molar-refractivity contribution in [2.24, 2.45) is 17.8 Å². The van der Waals surface area contributed by atoms with Gasteiger partial charge in [0.2, 0.25) is 0 Å². The number of amides is 1. The Morgan fingerprint density at radius 1 is 1.14 bits per heavy atom. The Labute approximate surface area is 126 Å². The van der Waals surface area contributed by atoms with Crippen LogP contribution in [0.2, 0.25) is 0 Å². The van der Waals surface area contributed by atoms with Crippen LogP contribution in [0.25, 0.3) is 0 Å². The second-order valence-corrected chi connectivity index (χ2v) is 5.73. The fraction of sp³-hybridized carbons (Fsp3) is 0.750. The van der Waals surface area contributed by atoms with E-state index in [0.29, 0.717) is 13.2 Å². The smallest absolute Gasteiger partial charge is 0.407 e. The van der Waals surface area contributed by atoms with Gasteiger partial charge in [0.25, 0.3) is 0 Å². The number of carbonyl (C=O) groups is 2. The molecular formula is C16H25NO4. The lowest BCUT2D eigenvalue weighted by Crippen LogP contribution is -2.54. The summed E-state index contributed by atoms with van der Waals surface area (Å²) in [7, 11) is 0. The van der Waals surface area contributed by atoms with E-state index in [9.17, 15) is 9.59 Å². The van der Waals surface area contributed by atoms with Crippen molar-refractivity contribution >= 4 is 12.1 Å². The van der Waals surface area contributed by atoms with Crippen molar-refractivity contribution in [3.8, 4) is 0 Å². The van der Waals surface area contributed by atoms with Crippen LogP contribution in [0, 0.1) is 17.8 Å². The van der Waals surface area contributed by atoms with E-state index >= 15 is 0 Å². The maximum atomic E-state index is 12.2. The van der Waals surface area contributed by atoms with Gasteiger partial charge >= 0.3 is 12.1 Å². The lowest BCUT2D eigenvalue weighted by molar-refractivity contribution is -0.152. The molecule has 0 aromatic carbocycles. The number of rotatable bonds is 6. The highest BCUT2D eigenvalue weighted by atomic mass is 16.5. The van der Waals surface area contributed by atoms with Crippen molar-refractivity contribution in [2.45, 2.75) is 45.6 Å². The van der Waals surface area contributed by atoms with E-state index < -0.39 is 6.09 Å². The second-order valence-electron chi connectivity index (χ2n) is 5.73. The minimum Gasteiger partial charge on any atom is -0.466 e. The highest BCUT2D eigenvalue weighted by molar-refractivity contribution is 5.76. The maximum absolute atomic E-state index is 12.2. The largest absolute Gasteiger partial charge is 0.466 e. The summed E-state index contributed by atoms with van der Waals surface area (Å²) in [4.78, 5) is 24.1. The molecule has 118 valence electrons. The molecule has 21 heavy (non-hydrogen) atoms. The molecule has 1 N–H and O–H groups in total. The summed E-state index contributed by atoms with van der Waals surface area (Å²) in [6.45, 7) is 4.63. The highest BCUT2D eigenvalue weighted by Gasteiger charge is 2.46. The fourth-order valence-electron chi connectivity index (χ4n) is 3.24. The van der Waals surface area contributed by atoms with Gasteiger partial charge in [-0.2, -0.15) is 0 Å². The van der Waals surface area contributed by atoms with Crippen molar-refractivity contribution in [3.05, 3.63) is 12.2 Å². The van der Waals surface area contributed by atoms with Crippen LogP contribution >= 0.6 is 0 Å². The monoisotopic (exact) mass is 295 g/mol. The molecule has 4 atom stereocenters. The quantitative estimate of drug-likeness (QED) is 0.465. The molecule has 0 aromatic rings. The van der Waals surface area contributed by atoms with Gasteiger partial charge in [-0.25, -0.2) is 4.79 Å². The minimum absolute atomic E-state index is 0.162. The fourth-order valence-corrected chi connectivity index (χ4v) is 3.24. The van der Waals surface area contributed by atoms with Crippen molar-refractivity contribution in [1.82, 2.24) is 5.32 Å². The van der Waals surface area contributed by atoms with Crippen LogP contribution in [-0.4, -0.2) is 31.3 Å². The zero-order valence-electron chi connectivity index (χ0n) is 12.8. The molecule has 1 unspecified atom stereocenters. The highest BCUT2D eigenvalue weighted by Crippen LogP contribution is 2.41. The van der Waals surface area contributed by atoms with Crippen LogP contribution in [0.5, 0.6) is 0 Å². The van der Waals surface area contributed by atoms with E-state index in [0.717, 1.165) is 25.7 Å². The summed E-state index contributed by atoms with van der Waals surface area (Å²) in [6.07, 6.45) is 7.59. The van der Waals surface area contributed by atoms with Crippen LogP contribution in [0.4, 0.5) is 4.79 Å². The predicted molar refractivity (Wildman–Crippen MR) is 78.7 cm³/mol. The normalized spacial score (nSPS) is 30.0. The van der Waals surface area contributed by atoms with Gasteiger partial charge in [-0.05, 0) is 38.0 Å². The molecule has 2 bridgehead atoms. The molecule has 0 aliphatic heterocycles. The number of esters is 1. The number of fused-ring (bicyclic) bond motifs is 2. The first-order chi connectivity index (χ1) is 10.2. The van der Waals surface area contributed by atoms with Crippen molar-refractivity contribution in [1.29, 1.82) is 0 Å². The summed E-state index contributed by atoms with van der Waals surface area (Å²) in [5, 5.41) is 2.89. The maximum Gasteiger partial charge on any atom is 0.407 e. The van der Waals surface area contributed by atoms with Crippen LogP contribution in [0.3, 0.4) is 0 Å². The van der Waals surface area contributed by atoms with Crippen LogP contribution < -0.4 is 5.32 Å². The number of hydrogen-bond acceptors (Lipinski definition) is 4. The van der Waals surface area contributed by atoms with E-state index in [-0.39, 0.29) is 29.8 Å². The Kier molecular flexibility index (Phi) is 5.65. The first-order valence-corrected chi connectivity index (χ1v) is 7.95. The number of carbonyl (C=O) groups excluding carboxylic acids is 2. The SMILES string of the molecule is CCCCOC(=O)NC1[C@@H](C(=O)OCC)[C@@H]2C=C[C@H]1CC2. The van der Waals surface area contributed by atoms with Crippen LogP contribution in [-0.2, 0) is 14.3 Å². The molecule has 3 aliphatic carbocycles. The zero-order valence-corrected chi connectivity index (χ0v) is 12.8. The molecule has 0 spiro atoms. The third-order valence-corrected chi connectivity index (χ3v) is 4.32. The summed E-state index contributed by atoms with van der Waals surface area (Å²) < 4.78 is 10.3. The Bertz CT molecular complexity index is 407. The number of alkyl carbamates (subject to hydrolysis) is 1. The standard InChI is InChI=1S/C16H25NO4/c1-3-5-10-21-16(19)17-14-12-8-6-11(7-9-12)13(14)15(18)20-4-2/h6,8,11-14H,3-5,7,9-10H2,1-2H3,(H,17,19)/t11-,12+,13+,14?/m1/s1. The van der Waals surface area contributed by atoms with Gasteiger partial charge in [0.05, 0.1) is 25.2 Å². The van der Waals surface area contributed by atoms with Crippen molar-refractivity contribution in [2.75, 3.05) is 13.2 Å². The van der Waals surface area contributed by atoms with E-state index in [1.54, 1.807) is 6.92 Å². The van der Waals surface area contributed by atoms with E-state index in [1.807, 2.05) is 6.92 Å². The molecule has 5 nitrogen and oxygen atoms in total. The van der Waals surface area contributed by atoms with Gasteiger partial charge in [-0.1, -0.05) is 25.5 Å². The summed E-state index contributed by atoms with van der Waals surface area (Å²) in [6, 6.07) is -0.207. The van der Waals surface area contributed by atoms with Gasteiger partial charge in [0.1, 0.15) is 0 Å². The lowest BCUT2D eigenvalue weighted by atomic mass is 9.66. The lowest BCUT2D eigenvalue weighted by Gasteiger charge is -2.43. The van der Waals surface area contributed by atoms with Gasteiger partial charge in [-0.15, -0.1) is 0 Å². The first-order valence-electron chi connectivity index (χ1n) is 7.95. The number of nitrogens with one attached hydrogen (secondary N) is 1. The Hall–Kier alpha value is -1.52. The van der Waals surface area contributed by atoms with E-state index in [1.165, 1.54) is 0 Å². The van der Waals surface area contributed by atoms with E-state index in [2.05, 4.69) is 17.5 Å². The molecule has 0 radical (unpaired) electrons. The molecule has 0 heterocycles. The van der Waals surface area contributed by atoms with Crippen LogP contribution in [0.1, 0.15) is 39.5 Å². The third kappa shape index (κ3) is 3.77. The zero-order chi connectivity index (χ0) is 15.2. The van der Waals surface area contributed by atoms with Gasteiger partial charge in [-0.3, -0.25) is 4.79 Å². The predicted octanol–water partition coefficient (Wildman–Crippen LogP) is 2.66. The Balaban J connectivity index is 1.99. The number of ether oxygens (including phenoxy) is 2. The third-order valence-electron chi connectivity index (χ3n) is 4.32. The Morgan fingerprint density at radius 2 is 1.86 bits per heavy atom. The molecule has 5 heteroatoms. The summed E-state index contributed by atoms with van der Waals surface area (Å²) in [5.74, 6) is -0.138. The molecule has 1 amide bonds. The second kappa shape index (κ2) is 7.48.